The molecule has 0 amide bonds. The number of benzene rings is 1. The highest BCUT2D eigenvalue weighted by atomic mass is 32.2. The van der Waals surface area contributed by atoms with Gasteiger partial charge in [-0.15, -0.1) is 0 Å². The minimum absolute atomic E-state index is 0.118. The number of carbonyl (C=O) groups is 1. The number of amidine groups is 1. The highest BCUT2D eigenvalue weighted by Crippen LogP contribution is 2.45. The summed E-state index contributed by atoms with van der Waals surface area (Å²) in [5, 5.41) is 0.447. The number of aryl methyl sites for hydroxylation is 1. The fourth-order valence-electron chi connectivity index (χ4n) is 3.47. The van der Waals surface area contributed by atoms with Gasteiger partial charge in [-0.3, -0.25) is 9.79 Å². The quantitative estimate of drug-likeness (QED) is 0.817. The first-order valence-corrected chi connectivity index (χ1v) is 9.18. The van der Waals surface area contributed by atoms with Crippen LogP contribution in [0.3, 0.4) is 0 Å². The zero-order chi connectivity index (χ0) is 19.1. The fraction of sp³-hybridized carbons (Fsp3) is 0.421. The van der Waals surface area contributed by atoms with Crippen LogP contribution < -0.4 is 5.73 Å². The summed E-state index contributed by atoms with van der Waals surface area (Å²) in [5.41, 5.74) is 6.65. The zero-order valence-electron chi connectivity index (χ0n) is 15.3. The van der Waals surface area contributed by atoms with Gasteiger partial charge in [-0.2, -0.15) is 0 Å². The summed E-state index contributed by atoms with van der Waals surface area (Å²) >= 11 is 1.49. The maximum atomic E-state index is 14.6. The van der Waals surface area contributed by atoms with E-state index in [-0.39, 0.29) is 28.5 Å². The van der Waals surface area contributed by atoms with Crippen LogP contribution in [-0.2, 0) is 12.0 Å². The SMILES string of the molecule is Cc1nc(C(=O)Cc2ccc(F)c([C@]3(C)CC(C)(C)SC(N)=N3)c2)co1. The number of thioether (sulfide) groups is 1. The number of oxazole rings is 1. The largest absolute Gasteiger partial charge is 0.449 e. The first-order chi connectivity index (χ1) is 12.1. The second kappa shape index (κ2) is 6.54. The number of halogens is 1. The molecule has 0 bridgehead atoms. The van der Waals surface area contributed by atoms with Gasteiger partial charge in [0.15, 0.2) is 16.8 Å². The first-order valence-electron chi connectivity index (χ1n) is 8.37. The van der Waals surface area contributed by atoms with Crippen molar-refractivity contribution in [1.82, 2.24) is 4.98 Å². The minimum Gasteiger partial charge on any atom is -0.449 e. The molecule has 0 aliphatic carbocycles. The molecule has 1 aliphatic heterocycles. The molecule has 0 fully saturated rings. The highest BCUT2D eigenvalue weighted by molar-refractivity contribution is 8.15. The molecule has 3 rings (SSSR count). The van der Waals surface area contributed by atoms with Crippen LogP contribution in [0.2, 0.25) is 0 Å². The van der Waals surface area contributed by atoms with E-state index in [9.17, 15) is 9.18 Å². The summed E-state index contributed by atoms with van der Waals surface area (Å²) in [5.74, 6) is -0.0836. The Hall–Kier alpha value is -2.15. The molecular weight excluding hydrogens is 353 g/mol. The molecule has 1 atom stereocenters. The van der Waals surface area contributed by atoms with E-state index >= 15 is 0 Å². The van der Waals surface area contributed by atoms with Crippen LogP contribution >= 0.6 is 11.8 Å². The Morgan fingerprint density at radius 3 is 2.73 bits per heavy atom. The summed E-state index contributed by atoms with van der Waals surface area (Å²) in [7, 11) is 0. The third kappa shape index (κ3) is 3.82. The van der Waals surface area contributed by atoms with Crippen molar-refractivity contribution < 1.29 is 13.6 Å². The van der Waals surface area contributed by atoms with Crippen molar-refractivity contribution in [3.63, 3.8) is 0 Å². The molecular formula is C19H22FN3O2S. The third-order valence-electron chi connectivity index (χ3n) is 4.39. The standard InChI is InChI=1S/C19H22FN3O2S/c1-11-22-15(9-25-11)16(24)8-12-5-6-14(20)13(7-12)19(4)10-18(2,3)26-17(21)23-19/h5-7,9H,8,10H2,1-4H3,(H2,21,23)/t19-/m0/s1. The Labute approximate surface area is 156 Å². The minimum atomic E-state index is -0.771. The Morgan fingerprint density at radius 1 is 1.38 bits per heavy atom. The summed E-state index contributed by atoms with van der Waals surface area (Å²) in [6.07, 6.45) is 2.10. The van der Waals surface area contributed by atoms with Gasteiger partial charge < -0.3 is 10.2 Å². The number of nitrogens with two attached hydrogens (primary N) is 1. The van der Waals surface area contributed by atoms with Crippen LogP contribution in [0.25, 0.3) is 0 Å². The van der Waals surface area contributed by atoms with E-state index in [4.69, 9.17) is 10.2 Å². The number of Topliss-reactive ketones (excluding diaryl/α,β-unsaturated/α-hetero) is 1. The predicted molar refractivity (Wildman–Crippen MR) is 101 cm³/mol. The van der Waals surface area contributed by atoms with Gasteiger partial charge in [0.1, 0.15) is 17.8 Å². The number of rotatable bonds is 4. The molecule has 138 valence electrons. The molecule has 5 nitrogen and oxygen atoms in total. The van der Waals surface area contributed by atoms with Crippen LogP contribution in [0.4, 0.5) is 4.39 Å². The lowest BCUT2D eigenvalue weighted by molar-refractivity contribution is 0.0988. The van der Waals surface area contributed by atoms with Crippen LogP contribution in [0.1, 0.15) is 54.7 Å². The first kappa shape index (κ1) is 18.6. The Bertz CT molecular complexity index is 891. The average molecular weight is 375 g/mol. The zero-order valence-corrected chi connectivity index (χ0v) is 16.1. The van der Waals surface area contributed by atoms with E-state index in [1.165, 1.54) is 24.1 Å². The number of hydrogen-bond acceptors (Lipinski definition) is 6. The van der Waals surface area contributed by atoms with E-state index in [2.05, 4.69) is 23.8 Å². The molecule has 7 heteroatoms. The van der Waals surface area contributed by atoms with Gasteiger partial charge in [0.05, 0.1) is 5.54 Å². The van der Waals surface area contributed by atoms with Crippen molar-refractivity contribution in [2.75, 3.05) is 0 Å². The number of hydrogen-bond donors (Lipinski definition) is 1. The summed E-state index contributed by atoms with van der Waals surface area (Å²) in [6.45, 7) is 7.69. The molecule has 2 aromatic rings. The second-order valence-corrected chi connectivity index (χ2v) is 9.16. The molecule has 2 N–H and O–H groups in total. The summed E-state index contributed by atoms with van der Waals surface area (Å²) < 4.78 is 19.5. The molecule has 0 radical (unpaired) electrons. The molecule has 1 aliphatic rings. The summed E-state index contributed by atoms with van der Waals surface area (Å²) in [6, 6.07) is 4.71. The Morgan fingerprint density at radius 2 is 2.12 bits per heavy atom. The Kier molecular flexibility index (Phi) is 4.69. The van der Waals surface area contributed by atoms with Crippen molar-refractivity contribution >= 4 is 22.7 Å². The number of nitrogens with zero attached hydrogens (tertiary/aromatic N) is 2. The van der Waals surface area contributed by atoms with Crippen LogP contribution in [0, 0.1) is 12.7 Å². The lowest BCUT2D eigenvalue weighted by Crippen LogP contribution is -2.38. The van der Waals surface area contributed by atoms with Crippen molar-refractivity contribution in [1.29, 1.82) is 0 Å². The van der Waals surface area contributed by atoms with Crippen molar-refractivity contribution in [2.45, 2.75) is 50.8 Å². The van der Waals surface area contributed by atoms with Crippen molar-refractivity contribution in [3.8, 4) is 0 Å². The Balaban J connectivity index is 1.93. The smallest absolute Gasteiger partial charge is 0.191 e. The van der Waals surface area contributed by atoms with Crippen LogP contribution in [-0.4, -0.2) is 20.7 Å². The molecule has 1 aromatic heterocycles. The molecule has 1 aromatic carbocycles. The van der Waals surface area contributed by atoms with E-state index < -0.39 is 5.54 Å². The lowest BCUT2D eigenvalue weighted by atomic mass is 9.82. The van der Waals surface area contributed by atoms with E-state index in [0.29, 0.717) is 28.6 Å². The van der Waals surface area contributed by atoms with E-state index in [1.54, 1.807) is 19.1 Å². The molecule has 2 heterocycles. The maximum Gasteiger partial charge on any atom is 0.191 e. The van der Waals surface area contributed by atoms with E-state index in [0.717, 1.165) is 0 Å². The van der Waals surface area contributed by atoms with Crippen LogP contribution in [0.5, 0.6) is 0 Å². The highest BCUT2D eigenvalue weighted by Gasteiger charge is 2.40. The van der Waals surface area contributed by atoms with Gasteiger partial charge in [0.25, 0.3) is 0 Å². The molecule has 26 heavy (non-hydrogen) atoms. The lowest BCUT2D eigenvalue weighted by Gasteiger charge is -2.39. The normalized spacial score (nSPS) is 22.1. The molecule has 0 saturated heterocycles. The number of aliphatic imine (C=N–C) groups is 1. The molecule has 0 spiro atoms. The van der Waals surface area contributed by atoms with Crippen LogP contribution in [0.15, 0.2) is 33.9 Å². The maximum absolute atomic E-state index is 14.6. The number of ketones is 1. The van der Waals surface area contributed by atoms with Gasteiger partial charge in [-0.05, 0) is 31.0 Å². The molecule has 0 unspecified atom stereocenters. The van der Waals surface area contributed by atoms with Gasteiger partial charge in [-0.25, -0.2) is 9.37 Å². The number of aromatic nitrogens is 1. The third-order valence-corrected chi connectivity index (χ3v) is 5.39. The van der Waals surface area contributed by atoms with E-state index in [1.807, 2.05) is 6.92 Å². The van der Waals surface area contributed by atoms with Gasteiger partial charge in [-0.1, -0.05) is 31.7 Å². The van der Waals surface area contributed by atoms with Crippen molar-refractivity contribution in [2.24, 2.45) is 10.7 Å². The second-order valence-electron chi connectivity index (χ2n) is 7.43. The summed E-state index contributed by atoms with van der Waals surface area (Å²) in [4.78, 5) is 20.9. The van der Waals surface area contributed by atoms with Crippen molar-refractivity contribution in [3.05, 3.63) is 53.0 Å². The van der Waals surface area contributed by atoms with Gasteiger partial charge in [0, 0.05) is 23.7 Å². The van der Waals surface area contributed by atoms with Gasteiger partial charge in [0.2, 0.25) is 0 Å². The molecule has 0 saturated carbocycles. The van der Waals surface area contributed by atoms with Gasteiger partial charge >= 0.3 is 0 Å². The number of carbonyl (C=O) groups excluding carboxylic acids is 1. The average Bonchev–Trinajstić information content (AvgIpc) is 2.93. The predicted octanol–water partition coefficient (Wildman–Crippen LogP) is 3.99. The monoisotopic (exact) mass is 375 g/mol. The fourth-order valence-corrected chi connectivity index (χ4v) is 4.64. The topological polar surface area (TPSA) is 81.5 Å².